The van der Waals surface area contributed by atoms with Crippen LogP contribution in [0.5, 0.6) is 0 Å². The average Bonchev–Trinajstić information content (AvgIpc) is 2.47. The predicted molar refractivity (Wildman–Crippen MR) is 74.4 cm³/mol. The highest BCUT2D eigenvalue weighted by atomic mass is 35.5. The van der Waals surface area contributed by atoms with Crippen molar-refractivity contribution in [2.75, 3.05) is 0 Å². The number of carbonyl (C=O) groups is 1. The van der Waals surface area contributed by atoms with E-state index >= 15 is 0 Å². The molecule has 0 aliphatic rings. The quantitative estimate of drug-likeness (QED) is 0.668. The normalized spacial score (nSPS) is 10.6. The van der Waals surface area contributed by atoms with Crippen LogP contribution in [0.3, 0.4) is 0 Å². The van der Waals surface area contributed by atoms with E-state index in [-0.39, 0.29) is 5.78 Å². The number of hydrogen-bond acceptors (Lipinski definition) is 3. The molecule has 1 aromatic heterocycles. The first kappa shape index (κ1) is 11.8. The number of ketones is 1. The molecule has 3 nitrogen and oxygen atoms in total. The Balaban J connectivity index is 2.04. The molecule has 92 valence electrons. The van der Waals surface area contributed by atoms with Crippen molar-refractivity contribution in [2.24, 2.45) is 0 Å². The van der Waals surface area contributed by atoms with Crippen LogP contribution in [0.4, 0.5) is 0 Å². The fraction of sp³-hybridized carbons (Fsp3) is 0. The van der Waals surface area contributed by atoms with Gasteiger partial charge in [-0.1, -0.05) is 11.6 Å². The molecule has 0 aliphatic carbocycles. The van der Waals surface area contributed by atoms with E-state index in [1.54, 1.807) is 54.9 Å². The standard InChI is InChI=1S/C15H9ClN2O/c16-12-4-1-10(2-5-12)15(19)11-3-6-13-14(9-11)18-8-7-17-13/h1-9H. The fourth-order valence-electron chi connectivity index (χ4n) is 1.87. The molecule has 0 N–H and O–H groups in total. The molecule has 2 aromatic carbocycles. The molecule has 0 atom stereocenters. The summed E-state index contributed by atoms with van der Waals surface area (Å²) in [5.74, 6) is -0.0516. The zero-order valence-electron chi connectivity index (χ0n) is 9.88. The largest absolute Gasteiger partial charge is 0.289 e. The van der Waals surface area contributed by atoms with Gasteiger partial charge in [0.1, 0.15) is 0 Å². The zero-order valence-corrected chi connectivity index (χ0v) is 10.6. The number of halogens is 1. The smallest absolute Gasteiger partial charge is 0.193 e. The Kier molecular flexibility index (Phi) is 2.97. The number of aromatic nitrogens is 2. The van der Waals surface area contributed by atoms with Gasteiger partial charge >= 0.3 is 0 Å². The van der Waals surface area contributed by atoms with Crippen molar-refractivity contribution in [3.63, 3.8) is 0 Å². The van der Waals surface area contributed by atoms with E-state index in [1.807, 2.05) is 0 Å². The van der Waals surface area contributed by atoms with Gasteiger partial charge in [-0.2, -0.15) is 0 Å². The van der Waals surface area contributed by atoms with Crippen molar-refractivity contribution in [3.05, 3.63) is 71.0 Å². The summed E-state index contributed by atoms with van der Waals surface area (Å²) < 4.78 is 0. The van der Waals surface area contributed by atoms with Gasteiger partial charge in [-0.25, -0.2) is 0 Å². The van der Waals surface area contributed by atoms with E-state index in [9.17, 15) is 4.79 Å². The van der Waals surface area contributed by atoms with Crippen LogP contribution in [0.25, 0.3) is 11.0 Å². The van der Waals surface area contributed by atoms with Crippen molar-refractivity contribution in [1.82, 2.24) is 9.97 Å². The molecular weight excluding hydrogens is 260 g/mol. The van der Waals surface area contributed by atoms with Crippen molar-refractivity contribution in [2.45, 2.75) is 0 Å². The van der Waals surface area contributed by atoms with Crippen LogP contribution in [-0.2, 0) is 0 Å². The number of hydrogen-bond donors (Lipinski definition) is 0. The molecule has 1 heterocycles. The lowest BCUT2D eigenvalue weighted by Gasteiger charge is -2.02. The first-order chi connectivity index (χ1) is 9.24. The molecule has 3 aromatic rings. The van der Waals surface area contributed by atoms with E-state index in [1.165, 1.54) is 0 Å². The Morgan fingerprint density at radius 2 is 1.47 bits per heavy atom. The minimum absolute atomic E-state index is 0.0516. The molecule has 0 saturated heterocycles. The van der Waals surface area contributed by atoms with Gasteiger partial charge in [-0.3, -0.25) is 14.8 Å². The van der Waals surface area contributed by atoms with Gasteiger partial charge in [0.2, 0.25) is 0 Å². The summed E-state index contributed by atoms with van der Waals surface area (Å²) in [6.07, 6.45) is 3.24. The SMILES string of the molecule is O=C(c1ccc(Cl)cc1)c1ccc2nccnc2c1. The molecule has 4 heteroatoms. The highest BCUT2D eigenvalue weighted by Crippen LogP contribution is 2.16. The van der Waals surface area contributed by atoms with Crippen LogP contribution in [0.2, 0.25) is 5.02 Å². The second kappa shape index (κ2) is 4.78. The third-order valence-electron chi connectivity index (χ3n) is 2.84. The molecular formula is C15H9ClN2O. The number of rotatable bonds is 2. The Labute approximate surface area is 114 Å². The van der Waals surface area contributed by atoms with E-state index in [4.69, 9.17) is 11.6 Å². The maximum absolute atomic E-state index is 12.3. The first-order valence-electron chi connectivity index (χ1n) is 5.75. The molecule has 0 amide bonds. The third-order valence-corrected chi connectivity index (χ3v) is 3.09. The highest BCUT2D eigenvalue weighted by Gasteiger charge is 2.10. The molecule has 3 rings (SSSR count). The van der Waals surface area contributed by atoms with Crippen molar-refractivity contribution in [3.8, 4) is 0 Å². The Bertz CT molecular complexity index is 753. The van der Waals surface area contributed by atoms with Crippen LogP contribution in [0.15, 0.2) is 54.9 Å². The molecule has 0 aliphatic heterocycles. The van der Waals surface area contributed by atoms with E-state index in [0.29, 0.717) is 21.7 Å². The topological polar surface area (TPSA) is 42.9 Å². The highest BCUT2D eigenvalue weighted by molar-refractivity contribution is 6.30. The van der Waals surface area contributed by atoms with Gasteiger partial charge in [-0.05, 0) is 42.5 Å². The molecule has 0 radical (unpaired) electrons. The Morgan fingerprint density at radius 3 is 2.21 bits per heavy atom. The number of fused-ring (bicyclic) bond motifs is 1. The van der Waals surface area contributed by atoms with Gasteiger partial charge < -0.3 is 0 Å². The van der Waals surface area contributed by atoms with Crippen molar-refractivity contribution in [1.29, 1.82) is 0 Å². The lowest BCUT2D eigenvalue weighted by Crippen LogP contribution is -2.01. The van der Waals surface area contributed by atoms with Crippen molar-refractivity contribution >= 4 is 28.4 Å². The van der Waals surface area contributed by atoms with E-state index in [2.05, 4.69) is 9.97 Å². The van der Waals surface area contributed by atoms with Crippen LogP contribution in [0.1, 0.15) is 15.9 Å². The molecule has 0 unspecified atom stereocenters. The minimum Gasteiger partial charge on any atom is -0.289 e. The summed E-state index contributed by atoms with van der Waals surface area (Å²) in [5.41, 5.74) is 2.68. The summed E-state index contributed by atoms with van der Waals surface area (Å²) in [6.45, 7) is 0. The maximum atomic E-state index is 12.3. The van der Waals surface area contributed by atoms with Gasteiger partial charge in [-0.15, -0.1) is 0 Å². The second-order valence-corrected chi connectivity index (χ2v) is 4.53. The van der Waals surface area contributed by atoms with Gasteiger partial charge in [0.05, 0.1) is 11.0 Å². The van der Waals surface area contributed by atoms with Crippen LogP contribution in [-0.4, -0.2) is 15.8 Å². The third kappa shape index (κ3) is 2.33. The first-order valence-corrected chi connectivity index (χ1v) is 6.13. The van der Waals surface area contributed by atoms with Gasteiger partial charge in [0.15, 0.2) is 5.78 Å². The van der Waals surface area contributed by atoms with Gasteiger partial charge in [0, 0.05) is 28.5 Å². The summed E-state index contributed by atoms with van der Waals surface area (Å²) in [6, 6.07) is 12.1. The zero-order chi connectivity index (χ0) is 13.2. The molecule has 0 fully saturated rings. The molecule has 0 saturated carbocycles. The molecule has 0 bridgehead atoms. The van der Waals surface area contributed by atoms with Crippen molar-refractivity contribution < 1.29 is 4.79 Å². The maximum Gasteiger partial charge on any atom is 0.193 e. The minimum atomic E-state index is -0.0516. The summed E-state index contributed by atoms with van der Waals surface area (Å²) in [4.78, 5) is 20.7. The number of nitrogens with zero attached hydrogens (tertiary/aromatic N) is 2. The number of benzene rings is 2. The average molecular weight is 269 g/mol. The van der Waals surface area contributed by atoms with Gasteiger partial charge in [0.25, 0.3) is 0 Å². The lowest BCUT2D eigenvalue weighted by molar-refractivity contribution is 0.103. The Hall–Kier alpha value is -2.26. The summed E-state index contributed by atoms with van der Waals surface area (Å²) in [5, 5.41) is 0.612. The monoisotopic (exact) mass is 268 g/mol. The second-order valence-electron chi connectivity index (χ2n) is 4.10. The molecule has 0 spiro atoms. The van der Waals surface area contributed by atoms with Crippen LogP contribution in [0, 0.1) is 0 Å². The summed E-state index contributed by atoms with van der Waals surface area (Å²) >= 11 is 5.81. The Morgan fingerprint density at radius 1 is 0.842 bits per heavy atom. The van der Waals surface area contributed by atoms with Crippen LogP contribution < -0.4 is 0 Å². The van der Waals surface area contributed by atoms with Crippen LogP contribution >= 0.6 is 11.6 Å². The molecule has 19 heavy (non-hydrogen) atoms. The fourth-order valence-corrected chi connectivity index (χ4v) is 2.00. The lowest BCUT2D eigenvalue weighted by atomic mass is 10.0. The predicted octanol–water partition coefficient (Wildman–Crippen LogP) is 3.51. The summed E-state index contributed by atoms with van der Waals surface area (Å²) in [7, 11) is 0. The number of carbonyl (C=O) groups excluding carboxylic acids is 1. The van der Waals surface area contributed by atoms with E-state index < -0.39 is 0 Å². The van der Waals surface area contributed by atoms with E-state index in [0.717, 1.165) is 5.52 Å².